The smallest absolute Gasteiger partial charge is 0.410 e. The summed E-state index contributed by atoms with van der Waals surface area (Å²) in [7, 11) is 0. The first kappa shape index (κ1) is 22.2. The van der Waals surface area contributed by atoms with Crippen LogP contribution in [0, 0.1) is 17.8 Å². The number of aliphatic carboxylic acids is 1. The molecule has 2 N–H and O–H groups in total. The number of esters is 1. The first-order chi connectivity index (χ1) is 11.1. The Hall–Kier alpha value is -1.79. The van der Waals surface area contributed by atoms with E-state index in [1.165, 1.54) is 0 Å². The number of hydrogen-bond acceptors (Lipinski definition) is 5. The van der Waals surface area contributed by atoms with E-state index in [0.717, 1.165) is 6.42 Å². The van der Waals surface area contributed by atoms with E-state index in [9.17, 15) is 14.4 Å². The molecule has 0 radical (unpaired) electrons. The SMILES string of the molecule is CC[C@@H](C)C[C@@H](CC(=O)O)NC(=O)O[C@@H](OC(=O)C(C)C)C(C)C. The second-order valence-electron chi connectivity index (χ2n) is 6.80. The lowest BCUT2D eigenvalue weighted by molar-refractivity contribution is -0.178. The highest BCUT2D eigenvalue weighted by Gasteiger charge is 2.26. The van der Waals surface area contributed by atoms with Gasteiger partial charge in [0.05, 0.1) is 12.3 Å². The third-order valence-corrected chi connectivity index (χ3v) is 3.60. The molecule has 0 aliphatic carbocycles. The summed E-state index contributed by atoms with van der Waals surface area (Å²) in [5, 5.41) is 11.5. The second-order valence-corrected chi connectivity index (χ2v) is 6.80. The number of carboxylic acid groups (broad SMARTS) is 1. The fraction of sp³-hybridized carbons (Fsp3) is 0.824. The average Bonchev–Trinajstić information content (AvgIpc) is 2.44. The maximum Gasteiger partial charge on any atom is 0.410 e. The molecule has 1 amide bonds. The lowest BCUT2D eigenvalue weighted by Gasteiger charge is -2.25. The van der Waals surface area contributed by atoms with E-state index in [1.807, 2.05) is 13.8 Å². The Morgan fingerprint density at radius 3 is 2.04 bits per heavy atom. The van der Waals surface area contributed by atoms with Gasteiger partial charge in [-0.05, 0) is 12.3 Å². The summed E-state index contributed by atoms with van der Waals surface area (Å²) in [6.45, 7) is 10.9. The Morgan fingerprint density at radius 1 is 1.04 bits per heavy atom. The third-order valence-electron chi connectivity index (χ3n) is 3.60. The minimum absolute atomic E-state index is 0.183. The van der Waals surface area contributed by atoms with E-state index in [4.69, 9.17) is 14.6 Å². The second kappa shape index (κ2) is 10.9. The minimum Gasteiger partial charge on any atom is -0.481 e. The van der Waals surface area contributed by atoms with Gasteiger partial charge in [0.25, 0.3) is 6.29 Å². The van der Waals surface area contributed by atoms with E-state index in [-0.39, 0.29) is 24.2 Å². The Bertz CT molecular complexity index is 421. The van der Waals surface area contributed by atoms with Crippen molar-refractivity contribution in [1.29, 1.82) is 0 Å². The van der Waals surface area contributed by atoms with Crippen molar-refractivity contribution in [2.75, 3.05) is 0 Å². The molecule has 0 saturated carbocycles. The van der Waals surface area contributed by atoms with Gasteiger partial charge in [-0.2, -0.15) is 0 Å². The number of carboxylic acids is 1. The highest BCUT2D eigenvalue weighted by Crippen LogP contribution is 2.15. The van der Waals surface area contributed by atoms with Gasteiger partial charge in [0.2, 0.25) is 0 Å². The van der Waals surface area contributed by atoms with Crippen molar-refractivity contribution in [1.82, 2.24) is 5.32 Å². The molecular formula is C17H31NO6. The Morgan fingerprint density at radius 2 is 1.62 bits per heavy atom. The number of rotatable bonds is 10. The van der Waals surface area contributed by atoms with E-state index in [2.05, 4.69) is 5.32 Å². The number of carbonyl (C=O) groups excluding carboxylic acids is 2. The zero-order chi connectivity index (χ0) is 18.9. The van der Waals surface area contributed by atoms with Crippen LogP contribution in [0.4, 0.5) is 4.79 Å². The maximum atomic E-state index is 12.1. The van der Waals surface area contributed by atoms with Gasteiger partial charge in [0, 0.05) is 12.0 Å². The Kier molecular flexibility index (Phi) is 10.1. The van der Waals surface area contributed by atoms with Gasteiger partial charge < -0.3 is 19.9 Å². The molecule has 0 spiro atoms. The molecule has 0 aromatic carbocycles. The Labute approximate surface area is 144 Å². The maximum absolute atomic E-state index is 12.1. The predicted octanol–water partition coefficient (Wildman–Crippen LogP) is 3.17. The van der Waals surface area contributed by atoms with Crippen molar-refractivity contribution in [3.63, 3.8) is 0 Å². The molecule has 7 heteroatoms. The highest BCUT2D eigenvalue weighted by atomic mass is 16.7. The fourth-order valence-corrected chi connectivity index (χ4v) is 1.91. The largest absolute Gasteiger partial charge is 0.481 e. The molecule has 24 heavy (non-hydrogen) atoms. The summed E-state index contributed by atoms with van der Waals surface area (Å²) in [5.41, 5.74) is 0. The zero-order valence-corrected chi connectivity index (χ0v) is 15.5. The van der Waals surface area contributed by atoms with Crippen LogP contribution in [0.25, 0.3) is 0 Å². The summed E-state index contributed by atoms with van der Waals surface area (Å²) >= 11 is 0. The topological polar surface area (TPSA) is 102 Å². The van der Waals surface area contributed by atoms with Crippen LogP contribution in [0.3, 0.4) is 0 Å². The third kappa shape index (κ3) is 9.37. The van der Waals surface area contributed by atoms with Gasteiger partial charge in [-0.1, -0.05) is 48.0 Å². The standard InChI is InChI=1S/C17H31NO6/c1-7-12(6)8-13(9-14(19)20)18-17(22)24-16(11(4)5)23-15(21)10(2)3/h10-13,16H,7-9H2,1-6H3,(H,18,22)(H,19,20)/t12-,13+,16-/m1/s1. The van der Waals surface area contributed by atoms with Crippen LogP contribution in [-0.2, 0) is 19.1 Å². The molecule has 0 saturated heterocycles. The molecule has 0 rings (SSSR count). The molecule has 0 fully saturated rings. The van der Waals surface area contributed by atoms with Crippen molar-refractivity contribution < 1.29 is 29.0 Å². The van der Waals surface area contributed by atoms with E-state index in [0.29, 0.717) is 6.42 Å². The molecule has 0 heterocycles. The lowest BCUT2D eigenvalue weighted by atomic mass is 9.97. The first-order valence-corrected chi connectivity index (χ1v) is 8.46. The molecular weight excluding hydrogens is 314 g/mol. The molecule has 0 aliphatic heterocycles. The molecule has 7 nitrogen and oxygen atoms in total. The highest BCUT2D eigenvalue weighted by molar-refractivity contribution is 5.73. The number of carbonyl (C=O) groups is 3. The molecule has 140 valence electrons. The summed E-state index contributed by atoms with van der Waals surface area (Å²) in [6.07, 6.45) is -0.546. The first-order valence-electron chi connectivity index (χ1n) is 8.46. The minimum atomic E-state index is -1.01. The molecule has 0 aliphatic rings. The molecule has 0 aromatic rings. The van der Waals surface area contributed by atoms with Crippen molar-refractivity contribution in [2.45, 2.75) is 73.1 Å². The van der Waals surface area contributed by atoms with Crippen LogP contribution in [0.2, 0.25) is 0 Å². The molecule has 0 unspecified atom stereocenters. The van der Waals surface area contributed by atoms with Crippen LogP contribution in [-0.4, -0.2) is 35.5 Å². The zero-order valence-electron chi connectivity index (χ0n) is 15.5. The van der Waals surface area contributed by atoms with Gasteiger partial charge in [-0.3, -0.25) is 9.59 Å². The summed E-state index contributed by atoms with van der Waals surface area (Å²) in [4.78, 5) is 34.7. The monoisotopic (exact) mass is 345 g/mol. The van der Waals surface area contributed by atoms with Crippen molar-refractivity contribution in [3.8, 4) is 0 Å². The van der Waals surface area contributed by atoms with Crippen LogP contribution >= 0.6 is 0 Å². The van der Waals surface area contributed by atoms with Crippen molar-refractivity contribution >= 4 is 18.0 Å². The lowest BCUT2D eigenvalue weighted by Crippen LogP contribution is -2.41. The summed E-state index contributed by atoms with van der Waals surface area (Å²) in [6, 6.07) is -0.529. The fourth-order valence-electron chi connectivity index (χ4n) is 1.91. The molecule has 0 bridgehead atoms. The van der Waals surface area contributed by atoms with Gasteiger partial charge >= 0.3 is 18.0 Å². The van der Waals surface area contributed by atoms with Gasteiger partial charge in [0.15, 0.2) is 0 Å². The molecule has 0 aromatic heterocycles. The van der Waals surface area contributed by atoms with Crippen LogP contribution in [0.5, 0.6) is 0 Å². The summed E-state index contributed by atoms with van der Waals surface area (Å²) < 4.78 is 10.3. The van der Waals surface area contributed by atoms with Gasteiger partial charge in [0.1, 0.15) is 0 Å². The normalized spacial score (nSPS) is 14.8. The quantitative estimate of drug-likeness (QED) is 0.466. The van der Waals surface area contributed by atoms with Crippen LogP contribution < -0.4 is 5.32 Å². The van der Waals surface area contributed by atoms with Gasteiger partial charge in [-0.25, -0.2) is 4.79 Å². The predicted molar refractivity (Wildman–Crippen MR) is 89.3 cm³/mol. The number of amides is 1. The van der Waals surface area contributed by atoms with Crippen LogP contribution in [0.1, 0.15) is 60.8 Å². The van der Waals surface area contributed by atoms with E-state index in [1.54, 1.807) is 27.7 Å². The van der Waals surface area contributed by atoms with Crippen molar-refractivity contribution in [3.05, 3.63) is 0 Å². The van der Waals surface area contributed by atoms with Crippen molar-refractivity contribution in [2.24, 2.45) is 17.8 Å². The average molecular weight is 345 g/mol. The van der Waals surface area contributed by atoms with E-state index >= 15 is 0 Å². The number of hydrogen-bond donors (Lipinski definition) is 2. The number of ether oxygens (including phenoxy) is 2. The summed E-state index contributed by atoms with van der Waals surface area (Å²) in [5.74, 6) is -1.72. The number of alkyl carbamates (subject to hydrolysis) is 1. The number of nitrogens with one attached hydrogen (secondary N) is 1. The molecule has 3 atom stereocenters. The van der Waals surface area contributed by atoms with Gasteiger partial charge in [-0.15, -0.1) is 0 Å². The van der Waals surface area contributed by atoms with E-state index < -0.39 is 30.4 Å². The Balaban J connectivity index is 4.75. The van der Waals surface area contributed by atoms with Crippen LogP contribution in [0.15, 0.2) is 0 Å².